The molecule has 1 aliphatic heterocycles. The van der Waals surface area contributed by atoms with Gasteiger partial charge in [0.1, 0.15) is 21.6 Å². The maximum absolute atomic E-state index is 14.1. The summed E-state index contributed by atoms with van der Waals surface area (Å²) in [6.45, 7) is 1.55. The van der Waals surface area contributed by atoms with E-state index in [4.69, 9.17) is 15.9 Å². The Kier molecular flexibility index (Phi) is 9.54. The average molecular weight is 823 g/mol. The van der Waals surface area contributed by atoms with Crippen molar-refractivity contribution >= 4 is 77.5 Å². The number of anilines is 7. The van der Waals surface area contributed by atoms with Gasteiger partial charge >= 0.3 is 0 Å². The number of ether oxygens (including phenoxy) is 2. The molecule has 58 heavy (non-hydrogen) atoms. The normalized spacial score (nSPS) is 13.8. The number of terminal acetylenes is 1. The van der Waals surface area contributed by atoms with E-state index in [0.717, 1.165) is 12.1 Å². The Bertz CT molecular complexity index is 3030. The molecule has 0 amide bonds. The summed E-state index contributed by atoms with van der Waals surface area (Å²) in [7, 11) is -8.06. The van der Waals surface area contributed by atoms with Gasteiger partial charge in [0.2, 0.25) is 17.8 Å². The Balaban J connectivity index is 1.21. The average Bonchev–Trinajstić information content (AvgIpc) is 3.19. The van der Waals surface area contributed by atoms with Crippen molar-refractivity contribution in [1.82, 2.24) is 19.5 Å². The second-order valence-electron chi connectivity index (χ2n) is 13.0. The Morgan fingerprint density at radius 2 is 1.45 bits per heavy atom. The van der Waals surface area contributed by atoms with Gasteiger partial charge in [-0.1, -0.05) is 30.7 Å². The minimum atomic E-state index is -4.84. The molecule has 20 heteroatoms. The van der Waals surface area contributed by atoms with Crippen molar-refractivity contribution in [2.24, 2.45) is 7.05 Å². The number of hydrogen-bond acceptors (Lipinski definition) is 15. The summed E-state index contributed by atoms with van der Waals surface area (Å²) in [4.78, 5) is 41.2. The fourth-order valence-corrected chi connectivity index (χ4v) is 8.11. The Hall–Kier alpha value is -6.89. The zero-order chi connectivity index (χ0) is 40.9. The van der Waals surface area contributed by atoms with E-state index in [1.54, 1.807) is 48.3 Å². The zero-order valence-corrected chi connectivity index (χ0v) is 31.8. The molecule has 0 spiro atoms. The molecule has 0 bridgehead atoms. The first-order chi connectivity index (χ1) is 27.7. The number of morpholine rings is 1. The Morgan fingerprint density at radius 1 is 0.759 bits per heavy atom. The monoisotopic (exact) mass is 822 g/mol. The number of nitrogens with zero attached hydrogens (tertiary/aromatic N) is 5. The van der Waals surface area contributed by atoms with Gasteiger partial charge in [-0.3, -0.25) is 18.7 Å². The van der Waals surface area contributed by atoms with Crippen molar-refractivity contribution in [1.29, 1.82) is 0 Å². The van der Waals surface area contributed by atoms with Gasteiger partial charge in [-0.25, -0.2) is 0 Å². The lowest BCUT2D eigenvalue weighted by Crippen LogP contribution is -2.37. The SMILES string of the molecule is C#COc1ccc(Nc2nc(Nc3ccc(S(=O)(=O)O)c(Nc4ccc5c6c(cc(=O)n5C)-c5ccccc5C(=O)c46)c3)nc(N3CCOCC3)n2)c(S(=O)(=O)O)c1. The predicted octanol–water partition coefficient (Wildman–Crippen LogP) is 4.47. The molecule has 294 valence electrons. The van der Waals surface area contributed by atoms with Gasteiger partial charge in [0.05, 0.1) is 41.4 Å². The van der Waals surface area contributed by atoms with E-state index in [2.05, 4.69) is 30.9 Å². The predicted molar refractivity (Wildman–Crippen MR) is 213 cm³/mol. The first-order valence-electron chi connectivity index (χ1n) is 17.3. The van der Waals surface area contributed by atoms with Gasteiger partial charge in [-0.2, -0.15) is 31.8 Å². The highest BCUT2D eigenvalue weighted by Gasteiger charge is 2.30. The van der Waals surface area contributed by atoms with Gasteiger partial charge in [0.25, 0.3) is 25.8 Å². The summed E-state index contributed by atoms with van der Waals surface area (Å²) in [6.07, 6.45) is 7.11. The van der Waals surface area contributed by atoms with Crippen LogP contribution >= 0.6 is 0 Å². The molecule has 4 aromatic carbocycles. The highest BCUT2D eigenvalue weighted by Crippen LogP contribution is 2.43. The quantitative estimate of drug-likeness (QED) is 0.0944. The van der Waals surface area contributed by atoms with Crippen LogP contribution in [0.25, 0.3) is 22.0 Å². The summed E-state index contributed by atoms with van der Waals surface area (Å²) in [5.74, 6) is -0.464. The number of nitrogens with one attached hydrogen (secondary N) is 3. The maximum atomic E-state index is 14.1. The van der Waals surface area contributed by atoms with Gasteiger partial charge in [0, 0.05) is 48.9 Å². The molecule has 1 saturated heterocycles. The first-order valence-corrected chi connectivity index (χ1v) is 20.1. The van der Waals surface area contributed by atoms with E-state index < -0.39 is 30.0 Å². The highest BCUT2D eigenvalue weighted by atomic mass is 32.2. The number of rotatable bonds is 10. The first kappa shape index (κ1) is 38.0. The van der Waals surface area contributed by atoms with Crippen LogP contribution in [0.5, 0.6) is 5.75 Å². The van der Waals surface area contributed by atoms with Crippen molar-refractivity contribution in [3.63, 3.8) is 0 Å². The lowest BCUT2D eigenvalue weighted by Gasteiger charge is -2.27. The topological polar surface area (TPSA) is 244 Å². The molecule has 6 aromatic rings. The molecule has 0 atom stereocenters. The van der Waals surface area contributed by atoms with Crippen LogP contribution in [-0.4, -0.2) is 77.5 Å². The Labute approximate surface area is 330 Å². The van der Waals surface area contributed by atoms with Crippen molar-refractivity contribution in [3.05, 3.63) is 100 Å². The summed E-state index contributed by atoms with van der Waals surface area (Å²) >= 11 is 0. The van der Waals surface area contributed by atoms with Crippen LogP contribution in [-0.2, 0) is 32.0 Å². The second kappa shape index (κ2) is 14.6. The molecule has 0 saturated carbocycles. The third kappa shape index (κ3) is 7.15. The largest absolute Gasteiger partial charge is 0.408 e. The van der Waals surface area contributed by atoms with Crippen molar-refractivity contribution in [2.45, 2.75) is 9.79 Å². The van der Waals surface area contributed by atoms with Crippen molar-refractivity contribution < 1.29 is 40.2 Å². The van der Waals surface area contributed by atoms with E-state index in [0.29, 0.717) is 53.9 Å². The Morgan fingerprint density at radius 3 is 2.16 bits per heavy atom. The van der Waals surface area contributed by atoms with E-state index >= 15 is 0 Å². The molecular formula is C38H30N8O10S2. The van der Waals surface area contributed by atoms with Crippen LogP contribution in [0.4, 0.5) is 40.6 Å². The van der Waals surface area contributed by atoms with E-state index in [1.807, 2.05) is 6.11 Å². The van der Waals surface area contributed by atoms with E-state index in [9.17, 15) is 35.5 Å². The van der Waals surface area contributed by atoms with Gasteiger partial charge in [-0.05, 0) is 53.6 Å². The summed E-state index contributed by atoms with van der Waals surface area (Å²) < 4.78 is 82.2. The van der Waals surface area contributed by atoms with Gasteiger partial charge in [-0.15, -0.1) is 0 Å². The number of aryl methyl sites for hydroxylation is 1. The third-order valence-corrected chi connectivity index (χ3v) is 11.3. The molecule has 3 heterocycles. The summed E-state index contributed by atoms with van der Waals surface area (Å²) in [5.41, 5.74) is 2.00. The number of hydrogen-bond donors (Lipinski definition) is 5. The number of ketones is 1. The third-order valence-electron chi connectivity index (χ3n) is 9.46. The fraction of sp³-hybridized carbons (Fsp3) is 0.132. The number of aromatic nitrogens is 4. The van der Waals surface area contributed by atoms with Crippen molar-refractivity contribution in [3.8, 4) is 29.4 Å². The van der Waals surface area contributed by atoms with Crippen LogP contribution in [0.2, 0.25) is 0 Å². The lowest BCUT2D eigenvalue weighted by atomic mass is 9.83. The minimum absolute atomic E-state index is 0.0290. The van der Waals surface area contributed by atoms with Crippen LogP contribution in [0.15, 0.2) is 93.4 Å². The second-order valence-corrected chi connectivity index (χ2v) is 15.8. The molecule has 8 rings (SSSR count). The zero-order valence-electron chi connectivity index (χ0n) is 30.1. The van der Waals surface area contributed by atoms with Crippen LogP contribution in [0.1, 0.15) is 15.9 Å². The lowest BCUT2D eigenvalue weighted by molar-refractivity contribution is 0.104. The molecule has 2 aliphatic rings. The summed E-state index contributed by atoms with van der Waals surface area (Å²) in [5, 5.41) is 9.32. The minimum Gasteiger partial charge on any atom is -0.408 e. The number of fused-ring (bicyclic) bond motifs is 2. The van der Waals surface area contributed by atoms with Crippen LogP contribution < -0.4 is 31.1 Å². The van der Waals surface area contributed by atoms with Crippen LogP contribution in [0.3, 0.4) is 0 Å². The molecule has 1 aliphatic carbocycles. The fourth-order valence-electron chi connectivity index (χ4n) is 6.82. The van der Waals surface area contributed by atoms with E-state index in [-0.39, 0.29) is 63.3 Å². The smallest absolute Gasteiger partial charge is 0.296 e. The number of carbonyl (C=O) groups excluding carboxylic acids is 1. The molecule has 0 unspecified atom stereocenters. The molecule has 5 N–H and O–H groups in total. The molecular weight excluding hydrogens is 793 g/mol. The molecule has 2 aromatic heterocycles. The molecule has 0 radical (unpaired) electrons. The number of benzene rings is 4. The van der Waals surface area contributed by atoms with Gasteiger partial charge in [0.15, 0.2) is 5.78 Å². The highest BCUT2D eigenvalue weighted by molar-refractivity contribution is 7.86. The maximum Gasteiger partial charge on any atom is 0.296 e. The number of pyridine rings is 1. The molecule has 18 nitrogen and oxygen atoms in total. The van der Waals surface area contributed by atoms with Crippen molar-refractivity contribution in [2.75, 3.05) is 47.2 Å². The standard InChI is InChI=1S/C38H30N8O10S2/c1-3-56-22-9-10-26(31(19-22)58(52,53)54)41-37-42-36(43-38(44-37)46-14-16-55-17-15-46)39-21-8-13-30(57(49,50)51)28(18-21)40-27-11-12-29-33-25(20-32(47)45(29)2)23-6-4-5-7-24(23)35(48)34(27)33/h1,4-13,18-20,40H,14-17H2,2H3,(H,49,50,51)(H,52,53,54)(H2,39,41,42,43,44). The summed E-state index contributed by atoms with van der Waals surface area (Å²) in [6, 6.07) is 19.0. The van der Waals surface area contributed by atoms with Crippen LogP contribution in [0, 0.1) is 12.5 Å². The molecule has 1 fully saturated rings. The number of carbonyl (C=O) groups is 1. The van der Waals surface area contributed by atoms with E-state index in [1.165, 1.54) is 34.9 Å². The van der Waals surface area contributed by atoms with Gasteiger partial charge < -0.3 is 34.9 Å².